The van der Waals surface area contributed by atoms with Crippen molar-refractivity contribution in [3.63, 3.8) is 0 Å². The number of aryl methyl sites for hydroxylation is 2. The summed E-state index contributed by atoms with van der Waals surface area (Å²) in [4.78, 5) is 12.2. The first-order valence-electron chi connectivity index (χ1n) is 7.16. The molecule has 106 valence electrons. The maximum absolute atomic E-state index is 12.2. The van der Waals surface area contributed by atoms with E-state index in [0.717, 1.165) is 43.4 Å². The Labute approximate surface area is 114 Å². The molecule has 0 aliphatic heterocycles. The van der Waals surface area contributed by atoms with Gasteiger partial charge >= 0.3 is 0 Å². The predicted octanol–water partition coefficient (Wildman–Crippen LogP) is 1.12. The lowest BCUT2D eigenvalue weighted by atomic mass is 9.84. The quantitative estimate of drug-likeness (QED) is 0.856. The lowest BCUT2D eigenvalue weighted by Crippen LogP contribution is -2.43. The fourth-order valence-electron chi connectivity index (χ4n) is 2.83. The molecular formula is C14H24N4O. The zero-order chi connectivity index (χ0) is 13.8. The van der Waals surface area contributed by atoms with E-state index in [1.807, 2.05) is 13.2 Å². The Morgan fingerprint density at radius 2 is 2.26 bits per heavy atom. The molecule has 3 N–H and O–H groups in total. The lowest BCUT2D eigenvalue weighted by Gasteiger charge is -2.27. The maximum Gasteiger partial charge on any atom is 0.224 e. The van der Waals surface area contributed by atoms with Gasteiger partial charge in [0.05, 0.1) is 11.6 Å². The van der Waals surface area contributed by atoms with Crippen molar-refractivity contribution in [2.24, 2.45) is 18.7 Å². The third-order valence-corrected chi connectivity index (χ3v) is 3.94. The van der Waals surface area contributed by atoms with E-state index in [2.05, 4.69) is 17.3 Å². The van der Waals surface area contributed by atoms with Gasteiger partial charge < -0.3 is 11.1 Å². The minimum atomic E-state index is -0.0181. The van der Waals surface area contributed by atoms with E-state index >= 15 is 0 Å². The zero-order valence-corrected chi connectivity index (χ0v) is 11.9. The highest BCUT2D eigenvalue weighted by atomic mass is 16.1. The van der Waals surface area contributed by atoms with Crippen LogP contribution in [0.25, 0.3) is 0 Å². The summed E-state index contributed by atoms with van der Waals surface area (Å²) < 4.78 is 1.80. The fourth-order valence-corrected chi connectivity index (χ4v) is 2.83. The van der Waals surface area contributed by atoms with Crippen LogP contribution in [-0.4, -0.2) is 21.7 Å². The second-order valence-electron chi connectivity index (χ2n) is 5.40. The molecule has 0 bridgehead atoms. The van der Waals surface area contributed by atoms with Crippen molar-refractivity contribution in [1.29, 1.82) is 0 Å². The van der Waals surface area contributed by atoms with Crippen molar-refractivity contribution in [3.05, 3.63) is 17.5 Å². The van der Waals surface area contributed by atoms with E-state index in [4.69, 9.17) is 5.73 Å². The largest absolute Gasteiger partial charge is 0.352 e. The highest BCUT2D eigenvalue weighted by Gasteiger charge is 2.28. The van der Waals surface area contributed by atoms with Gasteiger partial charge in [0.25, 0.3) is 0 Å². The van der Waals surface area contributed by atoms with Crippen LogP contribution in [0.3, 0.4) is 0 Å². The number of amides is 1. The molecule has 1 heterocycles. The molecule has 5 heteroatoms. The van der Waals surface area contributed by atoms with Crippen molar-refractivity contribution in [2.75, 3.05) is 0 Å². The molecule has 1 aliphatic carbocycles. The van der Waals surface area contributed by atoms with Crippen molar-refractivity contribution in [2.45, 2.75) is 51.6 Å². The number of carbonyl (C=O) groups is 1. The van der Waals surface area contributed by atoms with Crippen LogP contribution in [0.15, 0.2) is 6.20 Å². The van der Waals surface area contributed by atoms with E-state index in [1.165, 1.54) is 0 Å². The molecule has 0 aromatic carbocycles. The average Bonchev–Trinajstić information content (AvgIpc) is 2.77. The van der Waals surface area contributed by atoms with Gasteiger partial charge in [-0.25, -0.2) is 0 Å². The topological polar surface area (TPSA) is 72.9 Å². The first-order valence-corrected chi connectivity index (χ1v) is 7.16. The monoisotopic (exact) mass is 264 g/mol. The lowest BCUT2D eigenvalue weighted by molar-refractivity contribution is -0.126. The molecule has 1 amide bonds. The third kappa shape index (κ3) is 3.35. The summed E-state index contributed by atoms with van der Waals surface area (Å²) in [5.41, 5.74) is 8.18. The standard InChI is InChI=1S/C14H24N4O/c1-3-13-10(9-18(2)17-13)8-16-14(19)11-6-4-5-7-12(11)15/h9,11-12H,3-8,15H2,1-2H3,(H,16,19). The van der Waals surface area contributed by atoms with Crippen LogP contribution in [0.2, 0.25) is 0 Å². The minimum absolute atomic E-state index is 0.0181. The van der Waals surface area contributed by atoms with Crippen LogP contribution in [0.5, 0.6) is 0 Å². The highest BCUT2D eigenvalue weighted by molar-refractivity contribution is 5.79. The predicted molar refractivity (Wildman–Crippen MR) is 74.4 cm³/mol. The third-order valence-electron chi connectivity index (χ3n) is 3.94. The Kier molecular flexibility index (Phi) is 4.58. The van der Waals surface area contributed by atoms with Gasteiger partial charge in [-0.1, -0.05) is 19.8 Å². The van der Waals surface area contributed by atoms with Gasteiger partial charge in [0, 0.05) is 31.4 Å². The van der Waals surface area contributed by atoms with E-state index in [0.29, 0.717) is 6.54 Å². The molecule has 0 spiro atoms. The van der Waals surface area contributed by atoms with Crippen LogP contribution in [-0.2, 0) is 24.8 Å². The smallest absolute Gasteiger partial charge is 0.224 e. The Morgan fingerprint density at radius 3 is 2.95 bits per heavy atom. The van der Waals surface area contributed by atoms with Crippen molar-refractivity contribution in [1.82, 2.24) is 15.1 Å². The van der Waals surface area contributed by atoms with Crippen LogP contribution in [0.4, 0.5) is 0 Å². The molecule has 19 heavy (non-hydrogen) atoms. The second-order valence-corrected chi connectivity index (χ2v) is 5.40. The molecule has 1 aromatic rings. The van der Waals surface area contributed by atoms with E-state index in [1.54, 1.807) is 4.68 Å². The van der Waals surface area contributed by atoms with Gasteiger partial charge in [0.15, 0.2) is 0 Å². The number of aromatic nitrogens is 2. The van der Waals surface area contributed by atoms with Gasteiger partial charge in [-0.2, -0.15) is 5.10 Å². The van der Waals surface area contributed by atoms with E-state index < -0.39 is 0 Å². The number of carbonyl (C=O) groups excluding carboxylic acids is 1. The Balaban J connectivity index is 1.92. The molecule has 1 aromatic heterocycles. The Bertz CT molecular complexity index is 441. The van der Waals surface area contributed by atoms with Gasteiger partial charge in [0.1, 0.15) is 0 Å². The van der Waals surface area contributed by atoms with E-state index in [9.17, 15) is 4.79 Å². The molecule has 0 radical (unpaired) electrons. The molecule has 0 saturated heterocycles. The van der Waals surface area contributed by atoms with Crippen LogP contribution in [0, 0.1) is 5.92 Å². The van der Waals surface area contributed by atoms with Gasteiger partial charge in [-0.15, -0.1) is 0 Å². The number of nitrogens with two attached hydrogens (primary N) is 1. The van der Waals surface area contributed by atoms with Gasteiger partial charge in [0.2, 0.25) is 5.91 Å². The second kappa shape index (κ2) is 6.19. The summed E-state index contributed by atoms with van der Waals surface area (Å²) in [7, 11) is 1.90. The highest BCUT2D eigenvalue weighted by Crippen LogP contribution is 2.23. The minimum Gasteiger partial charge on any atom is -0.352 e. The molecule has 1 saturated carbocycles. The summed E-state index contributed by atoms with van der Waals surface area (Å²) in [6.45, 7) is 2.63. The first-order chi connectivity index (χ1) is 9.11. The summed E-state index contributed by atoms with van der Waals surface area (Å²) in [5.74, 6) is 0.0774. The fraction of sp³-hybridized carbons (Fsp3) is 0.714. The molecule has 2 rings (SSSR count). The summed E-state index contributed by atoms with van der Waals surface area (Å²) in [5, 5.41) is 7.39. The Hall–Kier alpha value is -1.36. The zero-order valence-electron chi connectivity index (χ0n) is 11.9. The van der Waals surface area contributed by atoms with Crippen molar-refractivity contribution in [3.8, 4) is 0 Å². The van der Waals surface area contributed by atoms with Crippen molar-refractivity contribution >= 4 is 5.91 Å². The first kappa shape index (κ1) is 14.1. The van der Waals surface area contributed by atoms with E-state index in [-0.39, 0.29) is 17.9 Å². The van der Waals surface area contributed by atoms with Crippen molar-refractivity contribution < 1.29 is 4.79 Å². The van der Waals surface area contributed by atoms with Gasteiger partial charge in [-0.3, -0.25) is 9.48 Å². The molecule has 2 unspecified atom stereocenters. The molecular weight excluding hydrogens is 240 g/mol. The van der Waals surface area contributed by atoms with Crippen LogP contribution >= 0.6 is 0 Å². The molecule has 2 atom stereocenters. The SMILES string of the molecule is CCc1nn(C)cc1CNC(=O)C1CCCCC1N. The number of hydrogen-bond acceptors (Lipinski definition) is 3. The summed E-state index contributed by atoms with van der Waals surface area (Å²) in [6, 6.07) is 0.0216. The Morgan fingerprint density at radius 1 is 1.53 bits per heavy atom. The van der Waals surface area contributed by atoms with Crippen LogP contribution in [0.1, 0.15) is 43.9 Å². The number of nitrogens with zero attached hydrogens (tertiary/aromatic N) is 2. The van der Waals surface area contributed by atoms with Gasteiger partial charge in [-0.05, 0) is 19.3 Å². The number of rotatable bonds is 4. The number of hydrogen-bond donors (Lipinski definition) is 2. The molecule has 1 fully saturated rings. The normalized spacial score (nSPS) is 23.3. The summed E-state index contributed by atoms with van der Waals surface area (Å²) >= 11 is 0. The molecule has 5 nitrogen and oxygen atoms in total. The summed E-state index contributed by atoms with van der Waals surface area (Å²) in [6.07, 6.45) is 6.99. The number of nitrogens with one attached hydrogen (secondary N) is 1. The maximum atomic E-state index is 12.2. The molecule has 1 aliphatic rings. The average molecular weight is 264 g/mol. The van der Waals surface area contributed by atoms with Crippen LogP contribution < -0.4 is 11.1 Å².